The van der Waals surface area contributed by atoms with Crippen molar-refractivity contribution < 1.29 is 19.1 Å². The number of ether oxygens (including phenoxy) is 2. The zero-order chi connectivity index (χ0) is 25.8. The van der Waals surface area contributed by atoms with Crippen LogP contribution >= 0.6 is 23.2 Å². The van der Waals surface area contributed by atoms with Crippen LogP contribution in [0.1, 0.15) is 64.2 Å². The standard InChI is InChI=1S/C27H34Cl2N2O4/c1-17(2)30-25(33)35-26(4,5)21-12-19(13-23(29)15-21)11-18(3)31-24(32)34-16-27(9-10-27)20-7-6-8-22(28)14-20/h6-8,12-15,17-18H,9-11,16H2,1-5H3,(H,30,33)(H,31,32). The molecule has 2 amide bonds. The number of nitrogens with one attached hydrogen (secondary N) is 2. The molecule has 35 heavy (non-hydrogen) atoms. The lowest BCUT2D eigenvalue weighted by Crippen LogP contribution is -2.37. The highest BCUT2D eigenvalue weighted by molar-refractivity contribution is 6.31. The van der Waals surface area contributed by atoms with Crippen molar-refractivity contribution in [3.8, 4) is 0 Å². The zero-order valence-electron chi connectivity index (χ0n) is 20.9. The molecular formula is C27H34Cl2N2O4. The molecule has 2 N–H and O–H groups in total. The van der Waals surface area contributed by atoms with E-state index in [0.29, 0.717) is 23.1 Å². The molecule has 0 aliphatic heterocycles. The highest BCUT2D eigenvalue weighted by atomic mass is 35.5. The average molecular weight is 521 g/mol. The second-order valence-corrected chi connectivity index (χ2v) is 11.0. The number of amides is 2. The Bertz CT molecular complexity index is 1070. The van der Waals surface area contributed by atoms with Crippen molar-refractivity contribution in [2.45, 2.75) is 77.0 Å². The molecule has 0 aromatic heterocycles. The molecule has 3 rings (SSSR count). The van der Waals surface area contributed by atoms with Gasteiger partial charge in [0.25, 0.3) is 0 Å². The third-order valence-corrected chi connectivity index (χ3v) is 6.54. The first-order chi connectivity index (χ1) is 16.4. The number of alkyl carbamates (subject to hydrolysis) is 2. The van der Waals surface area contributed by atoms with Crippen LogP contribution in [0.2, 0.25) is 10.0 Å². The molecule has 0 heterocycles. The van der Waals surface area contributed by atoms with E-state index in [0.717, 1.165) is 29.5 Å². The lowest BCUT2D eigenvalue weighted by Gasteiger charge is -2.27. The van der Waals surface area contributed by atoms with Gasteiger partial charge in [0.1, 0.15) is 12.2 Å². The summed E-state index contributed by atoms with van der Waals surface area (Å²) in [5.41, 5.74) is 1.77. The Morgan fingerprint density at radius 3 is 2.34 bits per heavy atom. The number of carbonyl (C=O) groups is 2. The fourth-order valence-electron chi connectivity index (χ4n) is 4.01. The highest BCUT2D eigenvalue weighted by Crippen LogP contribution is 2.48. The molecule has 2 aromatic carbocycles. The van der Waals surface area contributed by atoms with Crippen molar-refractivity contribution in [3.63, 3.8) is 0 Å². The van der Waals surface area contributed by atoms with Gasteiger partial charge in [0, 0.05) is 27.5 Å². The highest BCUT2D eigenvalue weighted by Gasteiger charge is 2.45. The topological polar surface area (TPSA) is 76.7 Å². The summed E-state index contributed by atoms with van der Waals surface area (Å²) in [6.07, 6.45) is 1.52. The van der Waals surface area contributed by atoms with E-state index in [-0.39, 0.29) is 17.5 Å². The largest absolute Gasteiger partial charge is 0.449 e. The fourth-order valence-corrected chi connectivity index (χ4v) is 4.46. The molecule has 0 spiro atoms. The van der Waals surface area contributed by atoms with Gasteiger partial charge in [0.2, 0.25) is 0 Å². The number of rotatable bonds is 9. The van der Waals surface area contributed by atoms with Gasteiger partial charge in [0.05, 0.1) is 0 Å². The molecule has 0 saturated heterocycles. The Morgan fingerprint density at radius 2 is 1.71 bits per heavy atom. The van der Waals surface area contributed by atoms with Gasteiger partial charge in [-0.1, -0.05) is 41.4 Å². The van der Waals surface area contributed by atoms with Crippen LogP contribution in [-0.2, 0) is 26.9 Å². The minimum absolute atomic E-state index is 0.0276. The van der Waals surface area contributed by atoms with Crippen LogP contribution < -0.4 is 10.6 Å². The van der Waals surface area contributed by atoms with E-state index in [1.807, 2.05) is 71.0 Å². The number of halogens is 2. The van der Waals surface area contributed by atoms with Gasteiger partial charge in [-0.2, -0.15) is 0 Å². The monoisotopic (exact) mass is 520 g/mol. The second kappa shape index (κ2) is 11.1. The molecule has 6 nitrogen and oxygen atoms in total. The summed E-state index contributed by atoms with van der Waals surface area (Å²) in [4.78, 5) is 24.6. The molecule has 1 aliphatic rings. The number of carbonyl (C=O) groups excluding carboxylic acids is 2. The van der Waals surface area contributed by atoms with Gasteiger partial charge < -0.3 is 20.1 Å². The summed E-state index contributed by atoms with van der Waals surface area (Å²) in [6, 6.07) is 13.1. The maximum absolute atomic E-state index is 12.5. The fraction of sp³-hybridized carbons (Fsp3) is 0.481. The molecule has 190 valence electrons. The summed E-state index contributed by atoms with van der Waals surface area (Å²) in [5, 5.41) is 6.84. The quantitative estimate of drug-likeness (QED) is 0.383. The van der Waals surface area contributed by atoms with Crippen molar-refractivity contribution in [3.05, 3.63) is 69.2 Å². The van der Waals surface area contributed by atoms with Crippen molar-refractivity contribution in [1.29, 1.82) is 0 Å². The second-order valence-electron chi connectivity index (χ2n) is 10.2. The van der Waals surface area contributed by atoms with Gasteiger partial charge in [-0.15, -0.1) is 0 Å². The molecule has 1 fully saturated rings. The smallest absolute Gasteiger partial charge is 0.408 e. The van der Waals surface area contributed by atoms with Crippen LogP contribution in [-0.4, -0.2) is 30.9 Å². The first-order valence-corrected chi connectivity index (χ1v) is 12.6. The lowest BCUT2D eigenvalue weighted by molar-refractivity contribution is 0.0350. The summed E-state index contributed by atoms with van der Waals surface area (Å²) in [6.45, 7) is 9.59. The molecule has 0 bridgehead atoms. The first-order valence-electron chi connectivity index (χ1n) is 11.9. The first kappa shape index (κ1) is 27.2. The Hall–Kier alpha value is -2.44. The summed E-state index contributed by atoms with van der Waals surface area (Å²) in [5.74, 6) is 0. The normalized spacial score (nSPS) is 15.3. The Morgan fingerprint density at radius 1 is 1.00 bits per heavy atom. The Kier molecular flexibility index (Phi) is 8.60. The number of hydrogen-bond acceptors (Lipinski definition) is 4. The van der Waals surface area contributed by atoms with Crippen LogP contribution in [0.5, 0.6) is 0 Å². The molecule has 1 saturated carbocycles. The van der Waals surface area contributed by atoms with Crippen molar-refractivity contribution in [2.75, 3.05) is 6.61 Å². The van der Waals surface area contributed by atoms with Gasteiger partial charge in [0.15, 0.2) is 0 Å². The van der Waals surface area contributed by atoms with E-state index in [2.05, 4.69) is 10.6 Å². The number of hydrogen-bond donors (Lipinski definition) is 2. The van der Waals surface area contributed by atoms with Crippen LogP contribution in [0.3, 0.4) is 0 Å². The molecule has 1 atom stereocenters. The van der Waals surface area contributed by atoms with Crippen LogP contribution in [0.4, 0.5) is 9.59 Å². The van der Waals surface area contributed by atoms with Crippen LogP contribution in [0.25, 0.3) is 0 Å². The lowest BCUT2D eigenvalue weighted by atomic mass is 9.94. The Balaban J connectivity index is 1.56. The third-order valence-electron chi connectivity index (χ3n) is 6.08. The van der Waals surface area contributed by atoms with Gasteiger partial charge in [-0.25, -0.2) is 9.59 Å². The van der Waals surface area contributed by atoms with E-state index < -0.39 is 17.8 Å². The predicted molar refractivity (Wildman–Crippen MR) is 139 cm³/mol. The SMILES string of the molecule is CC(C)NC(=O)OC(C)(C)c1cc(Cl)cc(CC(C)NC(=O)OCC2(c3cccc(Cl)c3)CC2)c1. The van der Waals surface area contributed by atoms with Crippen molar-refractivity contribution in [1.82, 2.24) is 10.6 Å². The summed E-state index contributed by atoms with van der Waals surface area (Å²) in [7, 11) is 0. The van der Waals surface area contributed by atoms with Gasteiger partial charge in [-0.3, -0.25) is 0 Å². The predicted octanol–water partition coefficient (Wildman–Crippen LogP) is 6.75. The van der Waals surface area contributed by atoms with Crippen molar-refractivity contribution in [2.24, 2.45) is 0 Å². The molecule has 8 heteroatoms. The van der Waals surface area contributed by atoms with Gasteiger partial charge >= 0.3 is 12.2 Å². The molecule has 1 unspecified atom stereocenters. The average Bonchev–Trinajstić information content (AvgIpc) is 3.52. The summed E-state index contributed by atoms with van der Waals surface area (Å²) >= 11 is 12.5. The maximum atomic E-state index is 12.5. The maximum Gasteiger partial charge on any atom is 0.408 e. The van der Waals surface area contributed by atoms with E-state index in [1.54, 1.807) is 6.07 Å². The minimum atomic E-state index is -0.882. The molecule has 1 aliphatic carbocycles. The third kappa shape index (κ3) is 7.77. The van der Waals surface area contributed by atoms with E-state index in [1.165, 1.54) is 0 Å². The molecule has 0 radical (unpaired) electrons. The zero-order valence-corrected chi connectivity index (χ0v) is 22.4. The number of benzene rings is 2. The minimum Gasteiger partial charge on any atom is -0.449 e. The Labute approximate surface area is 217 Å². The van der Waals surface area contributed by atoms with E-state index in [9.17, 15) is 9.59 Å². The van der Waals surface area contributed by atoms with Crippen LogP contribution in [0, 0.1) is 0 Å². The van der Waals surface area contributed by atoms with E-state index >= 15 is 0 Å². The molecular weight excluding hydrogens is 487 g/mol. The summed E-state index contributed by atoms with van der Waals surface area (Å²) < 4.78 is 11.2. The van der Waals surface area contributed by atoms with Crippen molar-refractivity contribution >= 4 is 35.4 Å². The van der Waals surface area contributed by atoms with Gasteiger partial charge in [-0.05, 0) is 94.8 Å². The van der Waals surface area contributed by atoms with E-state index in [4.69, 9.17) is 32.7 Å². The molecule has 2 aromatic rings. The van der Waals surface area contributed by atoms with Crippen LogP contribution in [0.15, 0.2) is 42.5 Å².